The van der Waals surface area contributed by atoms with E-state index in [0.717, 1.165) is 12.1 Å². The van der Waals surface area contributed by atoms with Gasteiger partial charge in [-0.25, -0.2) is 0 Å². The highest BCUT2D eigenvalue weighted by molar-refractivity contribution is 5.75. The Morgan fingerprint density at radius 1 is 1.33 bits per heavy atom. The molecule has 0 saturated heterocycles. The van der Waals surface area contributed by atoms with Crippen molar-refractivity contribution in [1.29, 1.82) is 0 Å². The molecule has 1 amide bonds. The molecule has 1 aromatic rings. The van der Waals surface area contributed by atoms with E-state index in [1.54, 1.807) is 0 Å². The summed E-state index contributed by atoms with van der Waals surface area (Å²) in [4.78, 5) is 11.5. The summed E-state index contributed by atoms with van der Waals surface area (Å²) in [5.74, 6) is 0.0334. The number of hydrogen-bond acceptors (Lipinski definition) is 3. The van der Waals surface area contributed by atoms with Crippen molar-refractivity contribution in [1.82, 2.24) is 5.32 Å². The predicted molar refractivity (Wildman–Crippen MR) is 73.3 cm³/mol. The zero-order chi connectivity index (χ0) is 13.4. The van der Waals surface area contributed by atoms with Crippen LogP contribution in [0.4, 0.5) is 5.69 Å². The number of benzene rings is 1. The lowest BCUT2D eigenvalue weighted by Crippen LogP contribution is -2.27. The Labute approximate surface area is 109 Å². The van der Waals surface area contributed by atoms with Gasteiger partial charge in [-0.2, -0.15) is 0 Å². The van der Waals surface area contributed by atoms with E-state index < -0.39 is 0 Å². The lowest BCUT2D eigenvalue weighted by Gasteiger charge is -2.08. The van der Waals surface area contributed by atoms with Gasteiger partial charge in [-0.05, 0) is 38.0 Å². The van der Waals surface area contributed by atoms with Gasteiger partial charge in [-0.3, -0.25) is 4.79 Å². The smallest absolute Gasteiger partial charge is 0.222 e. The fourth-order valence-electron chi connectivity index (χ4n) is 1.51. The van der Waals surface area contributed by atoms with Crippen LogP contribution in [-0.4, -0.2) is 25.2 Å². The van der Waals surface area contributed by atoms with E-state index in [4.69, 9.17) is 10.5 Å². The van der Waals surface area contributed by atoms with Crippen molar-refractivity contribution in [3.8, 4) is 0 Å². The van der Waals surface area contributed by atoms with Crippen LogP contribution in [0.3, 0.4) is 0 Å². The molecular weight excluding hydrogens is 228 g/mol. The third-order valence-electron chi connectivity index (χ3n) is 2.50. The molecule has 1 rings (SSSR count). The summed E-state index contributed by atoms with van der Waals surface area (Å²) in [6.45, 7) is 5.04. The summed E-state index contributed by atoms with van der Waals surface area (Å²) in [5.41, 5.74) is 7.53. The minimum Gasteiger partial charge on any atom is -0.399 e. The number of rotatable bonds is 7. The summed E-state index contributed by atoms with van der Waals surface area (Å²) in [6, 6.07) is 7.69. The van der Waals surface area contributed by atoms with Crippen molar-refractivity contribution in [3.63, 3.8) is 0 Å². The Bertz CT molecular complexity index is 361. The Hall–Kier alpha value is -1.55. The van der Waals surface area contributed by atoms with Crippen LogP contribution in [0.25, 0.3) is 0 Å². The maximum atomic E-state index is 11.5. The largest absolute Gasteiger partial charge is 0.399 e. The Morgan fingerprint density at radius 2 is 2.00 bits per heavy atom. The van der Waals surface area contributed by atoms with E-state index in [-0.39, 0.29) is 12.0 Å². The van der Waals surface area contributed by atoms with Crippen molar-refractivity contribution in [3.05, 3.63) is 29.8 Å². The van der Waals surface area contributed by atoms with Crippen LogP contribution >= 0.6 is 0 Å². The molecule has 0 atom stereocenters. The lowest BCUT2D eigenvalue weighted by atomic mass is 10.1. The van der Waals surface area contributed by atoms with Crippen LogP contribution in [0.5, 0.6) is 0 Å². The highest BCUT2D eigenvalue weighted by Crippen LogP contribution is 2.05. The predicted octanol–water partition coefficient (Wildman–Crippen LogP) is 1.74. The minimum absolute atomic E-state index is 0.0334. The maximum Gasteiger partial charge on any atom is 0.222 e. The third kappa shape index (κ3) is 6.25. The van der Waals surface area contributed by atoms with Gasteiger partial charge in [0, 0.05) is 18.7 Å². The molecule has 1 aromatic carbocycles. The second-order valence-corrected chi connectivity index (χ2v) is 4.51. The number of nitrogen functional groups attached to an aromatic ring is 1. The molecule has 0 aliphatic rings. The normalized spacial score (nSPS) is 10.6. The topological polar surface area (TPSA) is 64.3 Å². The standard InChI is InChI=1S/C14H22N2O2/c1-11(2)18-10-8-14(17)16-9-7-12-3-5-13(15)6-4-12/h3-6,11H,7-10,15H2,1-2H3,(H,16,17). The SMILES string of the molecule is CC(C)OCCC(=O)NCCc1ccc(N)cc1. The summed E-state index contributed by atoms with van der Waals surface area (Å²) >= 11 is 0. The summed E-state index contributed by atoms with van der Waals surface area (Å²) in [6.07, 6.45) is 1.41. The quantitative estimate of drug-likeness (QED) is 0.724. The van der Waals surface area contributed by atoms with Gasteiger partial charge < -0.3 is 15.8 Å². The molecule has 0 unspecified atom stereocenters. The Morgan fingerprint density at radius 3 is 2.61 bits per heavy atom. The first-order valence-corrected chi connectivity index (χ1v) is 6.30. The molecule has 18 heavy (non-hydrogen) atoms. The zero-order valence-electron chi connectivity index (χ0n) is 11.1. The van der Waals surface area contributed by atoms with E-state index in [0.29, 0.717) is 19.6 Å². The van der Waals surface area contributed by atoms with Crippen LogP contribution in [0.15, 0.2) is 24.3 Å². The van der Waals surface area contributed by atoms with Gasteiger partial charge in [-0.1, -0.05) is 12.1 Å². The Balaban J connectivity index is 2.13. The van der Waals surface area contributed by atoms with Crippen molar-refractivity contribution >= 4 is 11.6 Å². The highest BCUT2D eigenvalue weighted by Gasteiger charge is 2.02. The van der Waals surface area contributed by atoms with Gasteiger partial charge in [-0.15, -0.1) is 0 Å². The van der Waals surface area contributed by atoms with Gasteiger partial charge >= 0.3 is 0 Å². The van der Waals surface area contributed by atoms with Crippen LogP contribution in [0, 0.1) is 0 Å². The molecule has 0 heterocycles. The molecule has 0 aliphatic carbocycles. The van der Waals surface area contributed by atoms with Crippen molar-refractivity contribution in [2.45, 2.75) is 32.8 Å². The van der Waals surface area contributed by atoms with Gasteiger partial charge in [0.2, 0.25) is 5.91 Å². The second kappa shape index (κ2) is 7.71. The van der Waals surface area contributed by atoms with Crippen molar-refractivity contribution in [2.24, 2.45) is 0 Å². The molecule has 0 spiro atoms. The van der Waals surface area contributed by atoms with Crippen LogP contribution in [0.2, 0.25) is 0 Å². The van der Waals surface area contributed by atoms with Crippen LogP contribution in [-0.2, 0) is 16.0 Å². The molecule has 0 saturated carbocycles. The molecule has 4 nitrogen and oxygen atoms in total. The summed E-state index contributed by atoms with van der Waals surface area (Å²) < 4.78 is 5.32. The molecule has 0 fully saturated rings. The summed E-state index contributed by atoms with van der Waals surface area (Å²) in [5, 5.41) is 2.87. The average Bonchev–Trinajstić information content (AvgIpc) is 2.31. The average molecular weight is 250 g/mol. The third-order valence-corrected chi connectivity index (χ3v) is 2.50. The van der Waals surface area contributed by atoms with E-state index in [1.165, 1.54) is 5.56 Å². The first-order valence-electron chi connectivity index (χ1n) is 6.30. The Kier molecular flexibility index (Phi) is 6.22. The van der Waals surface area contributed by atoms with Gasteiger partial charge in [0.05, 0.1) is 12.7 Å². The molecule has 0 aromatic heterocycles. The summed E-state index contributed by atoms with van der Waals surface area (Å²) in [7, 11) is 0. The molecule has 100 valence electrons. The first-order chi connectivity index (χ1) is 8.58. The fraction of sp³-hybridized carbons (Fsp3) is 0.500. The minimum atomic E-state index is 0.0334. The zero-order valence-corrected chi connectivity index (χ0v) is 11.1. The molecule has 0 radical (unpaired) electrons. The maximum absolute atomic E-state index is 11.5. The van der Waals surface area contributed by atoms with Gasteiger partial charge in [0.25, 0.3) is 0 Å². The van der Waals surface area contributed by atoms with E-state index in [9.17, 15) is 4.79 Å². The highest BCUT2D eigenvalue weighted by atomic mass is 16.5. The van der Waals surface area contributed by atoms with E-state index in [1.807, 2.05) is 38.1 Å². The number of anilines is 1. The second-order valence-electron chi connectivity index (χ2n) is 4.51. The number of hydrogen-bond donors (Lipinski definition) is 2. The van der Waals surface area contributed by atoms with E-state index >= 15 is 0 Å². The fourth-order valence-corrected chi connectivity index (χ4v) is 1.51. The number of carbonyl (C=O) groups excluding carboxylic acids is 1. The number of ether oxygens (including phenoxy) is 1. The number of carbonyl (C=O) groups is 1. The monoisotopic (exact) mass is 250 g/mol. The molecule has 4 heteroatoms. The van der Waals surface area contributed by atoms with Gasteiger partial charge in [0.1, 0.15) is 0 Å². The lowest BCUT2D eigenvalue weighted by molar-refractivity contribution is -0.122. The number of nitrogens with one attached hydrogen (secondary N) is 1. The van der Waals surface area contributed by atoms with Crippen molar-refractivity contribution < 1.29 is 9.53 Å². The van der Waals surface area contributed by atoms with Crippen molar-refractivity contribution in [2.75, 3.05) is 18.9 Å². The van der Waals surface area contributed by atoms with Gasteiger partial charge in [0.15, 0.2) is 0 Å². The van der Waals surface area contributed by atoms with Crippen LogP contribution < -0.4 is 11.1 Å². The van der Waals surface area contributed by atoms with E-state index in [2.05, 4.69) is 5.32 Å². The number of amides is 1. The molecule has 3 N–H and O–H groups in total. The molecular formula is C14H22N2O2. The molecule has 0 bridgehead atoms. The number of nitrogens with two attached hydrogens (primary N) is 1. The molecule has 0 aliphatic heterocycles. The first kappa shape index (κ1) is 14.5. The van der Waals surface area contributed by atoms with Crippen LogP contribution in [0.1, 0.15) is 25.8 Å².